The second kappa shape index (κ2) is 6.79. The van der Waals surface area contributed by atoms with E-state index in [1.807, 2.05) is 0 Å². The second-order valence-electron chi connectivity index (χ2n) is 6.72. The molecule has 1 amide bonds. The molecule has 0 bridgehead atoms. The molecule has 1 N–H and O–H groups in total. The van der Waals surface area contributed by atoms with Gasteiger partial charge in [-0.1, -0.05) is 18.2 Å². The Bertz CT molecular complexity index is 999. The number of hydrogen-bond donors (Lipinski definition) is 1. The molecule has 2 aromatic carbocycles. The van der Waals surface area contributed by atoms with Crippen LogP contribution in [0.4, 0.5) is 5.69 Å². The SMILES string of the molecule is CN(C)S(=O)(=O)c1ccc(NC(=O)C2(C)Cc3ccccc3C(=O)O2)cc1. The number of nitrogens with one attached hydrogen (secondary N) is 1. The molecule has 142 valence electrons. The van der Waals surface area contributed by atoms with Crippen LogP contribution in [-0.2, 0) is 26.0 Å². The monoisotopic (exact) mass is 388 g/mol. The summed E-state index contributed by atoms with van der Waals surface area (Å²) in [6.07, 6.45) is 0.258. The molecule has 0 spiro atoms. The summed E-state index contributed by atoms with van der Waals surface area (Å²) in [4.78, 5) is 25.0. The highest BCUT2D eigenvalue weighted by atomic mass is 32.2. The van der Waals surface area contributed by atoms with Gasteiger partial charge in [0.05, 0.1) is 10.5 Å². The highest BCUT2D eigenvalue weighted by Crippen LogP contribution is 2.29. The van der Waals surface area contributed by atoms with Crippen molar-refractivity contribution < 1.29 is 22.7 Å². The predicted octanol–water partition coefficient (Wildman–Crippen LogP) is 2.05. The first-order valence-corrected chi connectivity index (χ1v) is 9.73. The van der Waals surface area contributed by atoms with E-state index in [0.29, 0.717) is 11.3 Å². The zero-order chi connectivity index (χ0) is 19.8. The van der Waals surface area contributed by atoms with E-state index in [9.17, 15) is 18.0 Å². The summed E-state index contributed by atoms with van der Waals surface area (Å²) >= 11 is 0. The van der Waals surface area contributed by atoms with Crippen LogP contribution in [0.1, 0.15) is 22.8 Å². The fourth-order valence-corrected chi connectivity index (χ4v) is 3.75. The molecule has 1 aliphatic heterocycles. The molecule has 2 aromatic rings. The molecule has 27 heavy (non-hydrogen) atoms. The molecule has 0 radical (unpaired) electrons. The van der Waals surface area contributed by atoms with Gasteiger partial charge in [-0.15, -0.1) is 0 Å². The first kappa shape index (κ1) is 19.1. The number of carbonyl (C=O) groups excluding carboxylic acids is 2. The highest BCUT2D eigenvalue weighted by Gasteiger charge is 2.42. The van der Waals surface area contributed by atoms with E-state index in [-0.39, 0.29) is 11.3 Å². The van der Waals surface area contributed by atoms with Gasteiger partial charge in [0, 0.05) is 26.2 Å². The third-order valence-electron chi connectivity index (χ3n) is 4.45. The first-order valence-electron chi connectivity index (χ1n) is 8.29. The van der Waals surface area contributed by atoms with Gasteiger partial charge in [0.2, 0.25) is 10.0 Å². The lowest BCUT2D eigenvalue weighted by molar-refractivity contribution is -0.134. The number of amides is 1. The summed E-state index contributed by atoms with van der Waals surface area (Å²) in [7, 11) is -0.653. The molecule has 0 saturated heterocycles. The molecule has 8 heteroatoms. The number of anilines is 1. The van der Waals surface area contributed by atoms with Gasteiger partial charge in [0.15, 0.2) is 5.60 Å². The van der Waals surface area contributed by atoms with Crippen molar-refractivity contribution >= 4 is 27.6 Å². The van der Waals surface area contributed by atoms with Crippen LogP contribution in [0.15, 0.2) is 53.4 Å². The minimum atomic E-state index is -3.54. The summed E-state index contributed by atoms with van der Waals surface area (Å²) in [5.74, 6) is -1.02. The Labute approximate surface area is 158 Å². The van der Waals surface area contributed by atoms with Gasteiger partial charge < -0.3 is 10.1 Å². The lowest BCUT2D eigenvalue weighted by Crippen LogP contribution is -2.48. The van der Waals surface area contributed by atoms with Gasteiger partial charge in [0.1, 0.15) is 0 Å². The summed E-state index contributed by atoms with van der Waals surface area (Å²) in [5.41, 5.74) is 0.272. The first-order chi connectivity index (χ1) is 12.6. The Morgan fingerprint density at radius 3 is 2.37 bits per heavy atom. The molecule has 0 aromatic heterocycles. The van der Waals surface area contributed by atoms with Crippen molar-refractivity contribution in [1.29, 1.82) is 0 Å². The molecule has 0 aliphatic carbocycles. The average Bonchev–Trinajstić information content (AvgIpc) is 2.62. The predicted molar refractivity (Wildman–Crippen MR) is 99.9 cm³/mol. The number of esters is 1. The largest absolute Gasteiger partial charge is 0.445 e. The van der Waals surface area contributed by atoms with Crippen LogP contribution < -0.4 is 5.32 Å². The fourth-order valence-electron chi connectivity index (χ4n) is 2.84. The van der Waals surface area contributed by atoms with E-state index in [1.54, 1.807) is 31.2 Å². The molecule has 1 atom stereocenters. The lowest BCUT2D eigenvalue weighted by Gasteiger charge is -2.33. The topological polar surface area (TPSA) is 92.8 Å². The van der Waals surface area contributed by atoms with Gasteiger partial charge in [0.25, 0.3) is 5.91 Å². The van der Waals surface area contributed by atoms with Crippen LogP contribution in [0.3, 0.4) is 0 Å². The van der Waals surface area contributed by atoms with Crippen LogP contribution in [-0.4, -0.2) is 44.3 Å². The molecule has 0 fully saturated rings. The highest BCUT2D eigenvalue weighted by molar-refractivity contribution is 7.89. The average molecular weight is 388 g/mol. The number of nitrogens with zero attached hydrogens (tertiary/aromatic N) is 1. The van der Waals surface area contributed by atoms with Crippen LogP contribution in [0.5, 0.6) is 0 Å². The normalized spacial score (nSPS) is 19.3. The zero-order valence-corrected chi connectivity index (χ0v) is 16.0. The van der Waals surface area contributed by atoms with Gasteiger partial charge in [-0.2, -0.15) is 0 Å². The van der Waals surface area contributed by atoms with E-state index < -0.39 is 27.5 Å². The van der Waals surface area contributed by atoms with Gasteiger partial charge in [-0.25, -0.2) is 17.5 Å². The molecule has 7 nitrogen and oxygen atoms in total. The summed E-state index contributed by atoms with van der Waals surface area (Å²) in [5, 5.41) is 2.69. The summed E-state index contributed by atoms with van der Waals surface area (Å²) in [6.45, 7) is 1.56. The second-order valence-corrected chi connectivity index (χ2v) is 8.87. The Kier molecular flexibility index (Phi) is 4.79. The van der Waals surface area contributed by atoms with Crippen molar-refractivity contribution in [2.75, 3.05) is 19.4 Å². The zero-order valence-electron chi connectivity index (χ0n) is 15.2. The van der Waals surface area contributed by atoms with Crippen LogP contribution in [0, 0.1) is 0 Å². The lowest BCUT2D eigenvalue weighted by atomic mass is 9.89. The summed E-state index contributed by atoms with van der Waals surface area (Å²) in [6, 6.07) is 12.8. The summed E-state index contributed by atoms with van der Waals surface area (Å²) < 4.78 is 30.7. The van der Waals surface area contributed by atoms with E-state index in [0.717, 1.165) is 9.87 Å². The molecule has 0 saturated carbocycles. The van der Waals surface area contributed by atoms with Crippen LogP contribution in [0.2, 0.25) is 0 Å². The van der Waals surface area contributed by atoms with E-state index in [1.165, 1.54) is 38.4 Å². The smallest absolute Gasteiger partial charge is 0.339 e. The molecule has 1 heterocycles. The number of fused-ring (bicyclic) bond motifs is 1. The van der Waals surface area contributed by atoms with Crippen molar-refractivity contribution in [3.63, 3.8) is 0 Å². The molecule has 3 rings (SSSR count). The Morgan fingerprint density at radius 2 is 1.74 bits per heavy atom. The fraction of sp³-hybridized carbons (Fsp3) is 0.263. The van der Waals surface area contributed by atoms with Crippen LogP contribution in [0.25, 0.3) is 0 Å². The molecular formula is C19H20N2O5S. The van der Waals surface area contributed by atoms with Crippen molar-refractivity contribution in [3.05, 3.63) is 59.7 Å². The molecule has 1 unspecified atom stereocenters. The number of hydrogen-bond acceptors (Lipinski definition) is 5. The van der Waals surface area contributed by atoms with Crippen molar-refractivity contribution in [2.45, 2.75) is 23.8 Å². The molecular weight excluding hydrogens is 368 g/mol. The quantitative estimate of drug-likeness (QED) is 0.809. The van der Waals surface area contributed by atoms with Gasteiger partial charge in [-0.3, -0.25) is 4.79 Å². The van der Waals surface area contributed by atoms with E-state index in [2.05, 4.69) is 5.32 Å². The van der Waals surface area contributed by atoms with E-state index >= 15 is 0 Å². The maximum atomic E-state index is 12.7. The third kappa shape index (κ3) is 3.58. The van der Waals surface area contributed by atoms with Crippen molar-refractivity contribution in [2.24, 2.45) is 0 Å². The van der Waals surface area contributed by atoms with E-state index in [4.69, 9.17) is 4.74 Å². The van der Waals surface area contributed by atoms with Gasteiger partial charge >= 0.3 is 5.97 Å². The van der Waals surface area contributed by atoms with Crippen molar-refractivity contribution in [1.82, 2.24) is 4.31 Å². The van der Waals surface area contributed by atoms with Crippen LogP contribution >= 0.6 is 0 Å². The standard InChI is InChI=1S/C19H20N2O5S/c1-19(12-13-6-4-5-7-16(13)17(22)26-19)18(23)20-14-8-10-15(11-9-14)27(24,25)21(2)3/h4-11H,12H2,1-3H3,(H,20,23). The number of carbonyl (C=O) groups is 2. The number of cyclic esters (lactones) is 1. The number of rotatable bonds is 4. The third-order valence-corrected chi connectivity index (χ3v) is 6.28. The number of benzene rings is 2. The minimum absolute atomic E-state index is 0.120. The maximum Gasteiger partial charge on any atom is 0.339 e. The Morgan fingerprint density at radius 1 is 1.11 bits per heavy atom. The maximum absolute atomic E-state index is 12.7. The Balaban J connectivity index is 1.79. The number of sulfonamides is 1. The minimum Gasteiger partial charge on any atom is -0.445 e. The Hall–Kier alpha value is -2.71. The van der Waals surface area contributed by atoms with Crippen molar-refractivity contribution in [3.8, 4) is 0 Å². The molecule has 1 aliphatic rings. The van der Waals surface area contributed by atoms with Gasteiger partial charge in [-0.05, 0) is 42.8 Å². The number of ether oxygens (including phenoxy) is 1.